The number of hydrogen-bond acceptors (Lipinski definition) is 3. The van der Waals surface area contributed by atoms with Crippen molar-refractivity contribution in [2.24, 2.45) is 0 Å². The molecule has 0 bridgehead atoms. The predicted molar refractivity (Wildman–Crippen MR) is 78.6 cm³/mol. The molecule has 0 saturated heterocycles. The van der Waals surface area contributed by atoms with Crippen molar-refractivity contribution >= 4 is 27.3 Å². The summed E-state index contributed by atoms with van der Waals surface area (Å²) in [5.74, 6) is 0.440. The second kappa shape index (κ2) is 6.27. The van der Waals surface area contributed by atoms with Gasteiger partial charge in [0.15, 0.2) is 0 Å². The van der Waals surface area contributed by atoms with Crippen molar-refractivity contribution in [3.8, 4) is 5.75 Å². The number of ether oxygens (including phenoxy) is 1. The van der Waals surface area contributed by atoms with Gasteiger partial charge >= 0.3 is 5.56 Å². The van der Waals surface area contributed by atoms with Crippen molar-refractivity contribution in [2.75, 3.05) is 6.26 Å². The summed E-state index contributed by atoms with van der Waals surface area (Å²) in [7, 11) is 0. The van der Waals surface area contributed by atoms with Crippen LogP contribution in [0.1, 0.15) is 5.56 Å². The molecule has 0 fully saturated rings. The van der Waals surface area contributed by atoms with Crippen molar-refractivity contribution < 1.29 is 9.29 Å². The zero-order valence-electron chi connectivity index (χ0n) is 10.2. The number of halogens is 1. The van der Waals surface area contributed by atoms with Crippen LogP contribution in [-0.2, 0) is 18.0 Å². The Morgan fingerprint density at radius 2 is 2.00 bits per heavy atom. The van der Waals surface area contributed by atoms with Gasteiger partial charge in [-0.25, -0.2) is 0 Å². The molecule has 1 atom stereocenters. The molecule has 1 unspecified atom stereocenters. The van der Waals surface area contributed by atoms with Crippen LogP contribution in [0, 0.1) is 0 Å². The summed E-state index contributed by atoms with van der Waals surface area (Å²) in [4.78, 5) is 11.9. The second-order valence-electron chi connectivity index (χ2n) is 3.82. The summed E-state index contributed by atoms with van der Waals surface area (Å²) in [5, 5.41) is 0. The molecule has 100 valence electrons. The fourth-order valence-electron chi connectivity index (χ4n) is 1.53. The van der Waals surface area contributed by atoms with Crippen LogP contribution in [0.15, 0.2) is 51.9 Å². The Kier molecular flexibility index (Phi) is 4.68. The number of rotatable bonds is 4. The first-order valence-electron chi connectivity index (χ1n) is 5.51. The molecule has 2 rings (SSSR count). The molecule has 0 saturated carbocycles. The largest absolute Gasteiger partial charge is 0.593 e. The van der Waals surface area contributed by atoms with Gasteiger partial charge in [0.1, 0.15) is 23.1 Å². The summed E-state index contributed by atoms with van der Waals surface area (Å²) < 4.78 is 18.3. The Morgan fingerprint density at radius 1 is 1.32 bits per heavy atom. The molecule has 0 spiro atoms. The van der Waals surface area contributed by atoms with Gasteiger partial charge in [-0.05, 0) is 21.5 Å². The molecule has 0 amide bonds. The monoisotopic (exact) mass is 341 g/mol. The van der Waals surface area contributed by atoms with Gasteiger partial charge in [-0.15, -0.1) is 3.97 Å². The molecule has 6 heteroatoms. The first kappa shape index (κ1) is 14.2. The molecule has 0 aliphatic rings. The van der Waals surface area contributed by atoms with E-state index in [0.717, 1.165) is 9.54 Å². The van der Waals surface area contributed by atoms with Crippen LogP contribution in [0.5, 0.6) is 5.75 Å². The highest BCUT2D eigenvalue weighted by Crippen LogP contribution is 2.21. The van der Waals surface area contributed by atoms with E-state index in [2.05, 4.69) is 15.9 Å². The molecule has 0 aliphatic carbocycles. The first-order chi connectivity index (χ1) is 9.09. The van der Waals surface area contributed by atoms with Crippen LogP contribution < -0.4 is 10.3 Å². The standard InChI is InChI=1S/C13H12BrNO3S/c1-19(17)15-8-7-11(12(14)13(15)16)18-9-10-5-3-2-4-6-10/h2-8H,9H2,1H3. The molecule has 1 aromatic heterocycles. The third kappa shape index (κ3) is 3.40. The van der Waals surface area contributed by atoms with Gasteiger partial charge < -0.3 is 9.29 Å². The smallest absolute Gasteiger partial charge is 0.310 e. The third-order valence-corrected chi connectivity index (χ3v) is 4.05. The summed E-state index contributed by atoms with van der Waals surface area (Å²) in [6.45, 7) is 0.373. The summed E-state index contributed by atoms with van der Waals surface area (Å²) in [5.41, 5.74) is 0.643. The van der Waals surface area contributed by atoms with Crippen molar-refractivity contribution in [1.82, 2.24) is 3.97 Å². The average Bonchev–Trinajstić information content (AvgIpc) is 2.41. The minimum Gasteiger partial charge on any atom is -0.593 e. The fourth-order valence-corrected chi connectivity index (χ4v) is 2.64. The Hall–Kier alpha value is -1.24. The van der Waals surface area contributed by atoms with Gasteiger partial charge in [-0.3, -0.25) is 4.79 Å². The highest BCUT2D eigenvalue weighted by Gasteiger charge is 2.13. The Balaban J connectivity index is 2.18. The minimum absolute atomic E-state index is 0.279. The topological polar surface area (TPSA) is 54.3 Å². The van der Waals surface area contributed by atoms with Gasteiger partial charge in [0, 0.05) is 6.07 Å². The fraction of sp³-hybridized carbons (Fsp3) is 0.154. The lowest BCUT2D eigenvalue weighted by Gasteiger charge is -2.11. The minimum atomic E-state index is -1.38. The maximum Gasteiger partial charge on any atom is 0.310 e. The lowest BCUT2D eigenvalue weighted by Crippen LogP contribution is -2.26. The summed E-state index contributed by atoms with van der Waals surface area (Å²) >= 11 is 1.80. The van der Waals surface area contributed by atoms with Crippen LogP contribution >= 0.6 is 15.9 Å². The van der Waals surface area contributed by atoms with Gasteiger partial charge in [-0.1, -0.05) is 30.3 Å². The van der Waals surface area contributed by atoms with Crippen molar-refractivity contribution in [1.29, 1.82) is 0 Å². The van der Waals surface area contributed by atoms with E-state index in [1.54, 1.807) is 6.07 Å². The number of aromatic nitrogens is 1. The van der Waals surface area contributed by atoms with E-state index in [1.165, 1.54) is 12.5 Å². The zero-order chi connectivity index (χ0) is 13.8. The number of hydrogen-bond donors (Lipinski definition) is 0. The Bertz CT molecular complexity index is 613. The molecular weight excluding hydrogens is 330 g/mol. The van der Waals surface area contributed by atoms with Crippen molar-refractivity contribution in [3.05, 3.63) is 63.0 Å². The average molecular weight is 342 g/mol. The molecule has 1 aromatic carbocycles. The van der Waals surface area contributed by atoms with Gasteiger partial charge in [0.25, 0.3) is 0 Å². The number of benzene rings is 1. The van der Waals surface area contributed by atoms with Crippen molar-refractivity contribution in [2.45, 2.75) is 6.61 Å². The molecule has 1 heterocycles. The van der Waals surface area contributed by atoms with Crippen LogP contribution in [0.25, 0.3) is 0 Å². The summed E-state index contributed by atoms with van der Waals surface area (Å²) in [6.07, 6.45) is 2.90. The van der Waals surface area contributed by atoms with Gasteiger partial charge in [0.05, 0.1) is 17.6 Å². The van der Waals surface area contributed by atoms with Crippen LogP contribution in [-0.4, -0.2) is 14.8 Å². The summed E-state index contributed by atoms with van der Waals surface area (Å²) in [6, 6.07) is 11.3. The molecule has 19 heavy (non-hydrogen) atoms. The second-order valence-corrected chi connectivity index (χ2v) is 5.86. The zero-order valence-corrected chi connectivity index (χ0v) is 12.6. The SMILES string of the molecule is C[S+]([O-])n1ccc(OCc2ccccc2)c(Br)c1=O. The molecule has 0 N–H and O–H groups in total. The molecule has 0 radical (unpaired) electrons. The quantitative estimate of drug-likeness (QED) is 0.802. The third-order valence-electron chi connectivity index (χ3n) is 2.48. The van der Waals surface area contributed by atoms with Gasteiger partial charge in [0.2, 0.25) is 0 Å². The van der Waals surface area contributed by atoms with E-state index in [-0.39, 0.29) is 10.0 Å². The van der Waals surface area contributed by atoms with E-state index in [0.29, 0.717) is 12.4 Å². The van der Waals surface area contributed by atoms with Crippen LogP contribution in [0.4, 0.5) is 0 Å². The number of nitrogens with zero attached hydrogens (tertiary/aromatic N) is 1. The van der Waals surface area contributed by atoms with E-state index < -0.39 is 11.4 Å². The molecule has 4 nitrogen and oxygen atoms in total. The molecule has 2 aromatic rings. The van der Waals surface area contributed by atoms with E-state index in [4.69, 9.17) is 4.74 Å². The number of pyridine rings is 1. The van der Waals surface area contributed by atoms with E-state index in [9.17, 15) is 9.35 Å². The maximum absolute atomic E-state index is 11.9. The normalized spacial score (nSPS) is 12.2. The Labute approximate surface area is 122 Å². The van der Waals surface area contributed by atoms with Crippen LogP contribution in [0.3, 0.4) is 0 Å². The predicted octanol–water partition coefficient (Wildman–Crippen LogP) is 2.33. The molecular formula is C13H12BrNO3S. The maximum atomic E-state index is 11.9. The van der Waals surface area contributed by atoms with Gasteiger partial charge in [-0.2, -0.15) is 0 Å². The van der Waals surface area contributed by atoms with E-state index in [1.807, 2.05) is 30.3 Å². The Morgan fingerprint density at radius 3 is 2.63 bits per heavy atom. The first-order valence-corrected chi connectivity index (χ1v) is 7.82. The highest BCUT2D eigenvalue weighted by atomic mass is 79.9. The lowest BCUT2D eigenvalue weighted by atomic mass is 10.2. The highest BCUT2D eigenvalue weighted by molar-refractivity contribution is 9.10. The van der Waals surface area contributed by atoms with Crippen LogP contribution in [0.2, 0.25) is 0 Å². The lowest BCUT2D eigenvalue weighted by molar-refractivity contribution is 0.303. The van der Waals surface area contributed by atoms with Crippen molar-refractivity contribution in [3.63, 3.8) is 0 Å². The van der Waals surface area contributed by atoms with E-state index >= 15 is 0 Å². The molecule has 0 aliphatic heterocycles.